The molecule has 0 unspecified atom stereocenters. The summed E-state index contributed by atoms with van der Waals surface area (Å²) in [6, 6.07) is 14.9. The summed E-state index contributed by atoms with van der Waals surface area (Å²) in [5.41, 5.74) is 1.49. The number of carboxylic acid groups (broad SMARTS) is 1. The summed E-state index contributed by atoms with van der Waals surface area (Å²) >= 11 is 0. The molecule has 6 heteroatoms. The number of hydrogen-bond donors (Lipinski definition) is 1. The maximum atomic E-state index is 10.5. The van der Waals surface area contributed by atoms with E-state index in [9.17, 15) is 4.79 Å². The monoisotopic (exact) mass is 468 g/mol. The van der Waals surface area contributed by atoms with Crippen molar-refractivity contribution in [3.05, 3.63) is 48.5 Å². The lowest BCUT2D eigenvalue weighted by molar-refractivity contribution is -0.137. The topological polar surface area (TPSA) is 80.5 Å². The lowest BCUT2D eigenvalue weighted by Gasteiger charge is -2.06. The molecule has 0 saturated carbocycles. The van der Waals surface area contributed by atoms with Gasteiger partial charge < -0.3 is 14.6 Å². The number of carbonyl (C=O) groups is 1. The molecule has 0 heterocycles. The molecule has 34 heavy (non-hydrogen) atoms. The van der Waals surface area contributed by atoms with Crippen LogP contribution >= 0.6 is 0 Å². The van der Waals surface area contributed by atoms with Gasteiger partial charge in [0.1, 0.15) is 11.5 Å². The molecule has 0 amide bonds. The van der Waals surface area contributed by atoms with Crippen LogP contribution in [0, 0.1) is 0 Å². The van der Waals surface area contributed by atoms with E-state index in [-0.39, 0.29) is 6.42 Å². The van der Waals surface area contributed by atoms with Crippen molar-refractivity contribution in [1.82, 2.24) is 0 Å². The van der Waals surface area contributed by atoms with Gasteiger partial charge in [-0.05, 0) is 61.4 Å². The zero-order valence-electron chi connectivity index (χ0n) is 20.6. The summed E-state index contributed by atoms with van der Waals surface area (Å²) in [6.07, 6.45) is 13.8. The highest BCUT2D eigenvalue weighted by Gasteiger charge is 2.00. The minimum Gasteiger partial charge on any atom is -0.494 e. The second-order valence-electron chi connectivity index (χ2n) is 8.56. The van der Waals surface area contributed by atoms with Crippen LogP contribution in [0.4, 0.5) is 11.4 Å². The van der Waals surface area contributed by atoms with Crippen LogP contribution in [0.25, 0.3) is 0 Å². The summed E-state index contributed by atoms with van der Waals surface area (Å²) in [4.78, 5) is 10.5. The van der Waals surface area contributed by atoms with Gasteiger partial charge in [-0.25, -0.2) is 0 Å². The highest BCUT2D eigenvalue weighted by Crippen LogP contribution is 2.23. The number of nitrogens with zero attached hydrogens (tertiary/aromatic N) is 2. The van der Waals surface area contributed by atoms with Gasteiger partial charge in [0.2, 0.25) is 0 Å². The molecular weight excluding hydrogens is 428 g/mol. The Kier molecular flexibility index (Phi) is 14.1. The van der Waals surface area contributed by atoms with Crippen molar-refractivity contribution in [3.8, 4) is 11.5 Å². The van der Waals surface area contributed by atoms with Crippen molar-refractivity contribution < 1.29 is 19.4 Å². The molecule has 0 spiro atoms. The molecule has 2 aromatic rings. The van der Waals surface area contributed by atoms with Crippen LogP contribution < -0.4 is 9.47 Å². The number of rotatable bonds is 19. The van der Waals surface area contributed by atoms with Gasteiger partial charge >= 0.3 is 5.97 Å². The minimum atomic E-state index is -0.812. The summed E-state index contributed by atoms with van der Waals surface area (Å²) < 4.78 is 11.4. The zero-order valence-corrected chi connectivity index (χ0v) is 20.6. The van der Waals surface area contributed by atoms with Gasteiger partial charge in [0.05, 0.1) is 24.6 Å². The Hall–Kier alpha value is -2.89. The SMILES string of the molecule is CCCCCCCCCCCCOc1ccc(N=Nc2ccc(OCCCC(=O)O)cc2)cc1. The Balaban J connectivity index is 1.58. The molecule has 186 valence electrons. The van der Waals surface area contributed by atoms with Crippen LogP contribution in [0.5, 0.6) is 11.5 Å². The van der Waals surface area contributed by atoms with Crippen molar-refractivity contribution in [2.75, 3.05) is 13.2 Å². The molecule has 6 nitrogen and oxygen atoms in total. The van der Waals surface area contributed by atoms with Crippen LogP contribution in [-0.4, -0.2) is 24.3 Å². The number of hydrogen-bond acceptors (Lipinski definition) is 5. The van der Waals surface area contributed by atoms with Crippen LogP contribution in [0.15, 0.2) is 58.8 Å². The molecule has 2 aromatic carbocycles. The largest absolute Gasteiger partial charge is 0.494 e. The van der Waals surface area contributed by atoms with E-state index in [1.807, 2.05) is 36.4 Å². The number of carboxylic acids is 1. The van der Waals surface area contributed by atoms with Crippen LogP contribution in [0.2, 0.25) is 0 Å². The fourth-order valence-electron chi connectivity index (χ4n) is 3.53. The lowest BCUT2D eigenvalue weighted by atomic mass is 10.1. The Bertz CT molecular complexity index is 819. The van der Waals surface area contributed by atoms with Gasteiger partial charge in [0.15, 0.2) is 0 Å². The van der Waals surface area contributed by atoms with E-state index in [4.69, 9.17) is 14.6 Å². The van der Waals surface area contributed by atoms with Gasteiger partial charge in [-0.15, -0.1) is 0 Å². The van der Waals surface area contributed by atoms with E-state index in [0.717, 1.165) is 30.2 Å². The molecule has 0 radical (unpaired) electrons. The van der Waals surface area contributed by atoms with Gasteiger partial charge in [-0.1, -0.05) is 64.7 Å². The summed E-state index contributed by atoms with van der Waals surface area (Å²) in [6.45, 7) is 3.39. The predicted molar refractivity (Wildman–Crippen MR) is 137 cm³/mol. The molecular formula is C28H40N2O4. The summed E-state index contributed by atoms with van der Waals surface area (Å²) in [5.74, 6) is 0.737. The molecule has 2 rings (SSSR count). The quantitative estimate of drug-likeness (QED) is 0.165. The first kappa shape index (κ1) is 27.4. The number of azo groups is 1. The molecule has 0 aliphatic rings. The third-order valence-electron chi connectivity index (χ3n) is 5.52. The van der Waals surface area contributed by atoms with E-state index >= 15 is 0 Å². The molecule has 0 aromatic heterocycles. The van der Waals surface area contributed by atoms with Crippen molar-refractivity contribution >= 4 is 17.3 Å². The minimum absolute atomic E-state index is 0.107. The van der Waals surface area contributed by atoms with E-state index in [1.54, 1.807) is 12.1 Å². The first-order chi connectivity index (χ1) is 16.7. The van der Waals surface area contributed by atoms with Crippen molar-refractivity contribution in [1.29, 1.82) is 0 Å². The Labute approximate surface area is 204 Å². The highest BCUT2D eigenvalue weighted by molar-refractivity contribution is 5.66. The van der Waals surface area contributed by atoms with Crippen LogP contribution in [0.3, 0.4) is 0 Å². The second kappa shape index (κ2) is 17.6. The van der Waals surface area contributed by atoms with Gasteiger partial charge in [0, 0.05) is 6.42 Å². The molecule has 0 fully saturated rings. The van der Waals surface area contributed by atoms with E-state index in [1.165, 1.54) is 57.8 Å². The van der Waals surface area contributed by atoms with Crippen LogP contribution in [0.1, 0.15) is 84.0 Å². The average Bonchev–Trinajstić information content (AvgIpc) is 2.85. The Morgan fingerprint density at radius 1 is 0.647 bits per heavy atom. The van der Waals surface area contributed by atoms with Gasteiger partial charge in [-0.2, -0.15) is 10.2 Å². The third kappa shape index (κ3) is 13.0. The van der Waals surface area contributed by atoms with E-state index < -0.39 is 5.97 Å². The lowest BCUT2D eigenvalue weighted by Crippen LogP contribution is -2.01. The standard InChI is InChI=1S/C28H40N2O4/c1-2-3-4-5-6-7-8-9-10-11-22-33-26-18-14-24(15-19-26)29-30-25-16-20-27(21-17-25)34-23-12-13-28(31)32/h14-21H,2-13,22-23H2,1H3,(H,31,32). The number of unbranched alkanes of at least 4 members (excludes halogenated alkanes) is 9. The zero-order chi connectivity index (χ0) is 24.3. The highest BCUT2D eigenvalue weighted by atomic mass is 16.5. The average molecular weight is 469 g/mol. The maximum Gasteiger partial charge on any atom is 0.303 e. The second-order valence-corrected chi connectivity index (χ2v) is 8.56. The molecule has 0 atom stereocenters. The Morgan fingerprint density at radius 2 is 1.06 bits per heavy atom. The molecule has 1 N–H and O–H groups in total. The number of benzene rings is 2. The van der Waals surface area contributed by atoms with Crippen molar-refractivity contribution in [2.45, 2.75) is 84.0 Å². The van der Waals surface area contributed by atoms with Gasteiger partial charge in [-0.3, -0.25) is 4.79 Å². The van der Waals surface area contributed by atoms with E-state index in [2.05, 4.69) is 17.2 Å². The fourth-order valence-corrected chi connectivity index (χ4v) is 3.53. The third-order valence-corrected chi connectivity index (χ3v) is 5.52. The smallest absolute Gasteiger partial charge is 0.303 e. The van der Waals surface area contributed by atoms with Gasteiger partial charge in [0.25, 0.3) is 0 Å². The first-order valence-electron chi connectivity index (χ1n) is 12.8. The summed E-state index contributed by atoms with van der Waals surface area (Å²) in [7, 11) is 0. The Morgan fingerprint density at radius 3 is 1.50 bits per heavy atom. The molecule has 0 aliphatic carbocycles. The number of ether oxygens (including phenoxy) is 2. The van der Waals surface area contributed by atoms with Crippen LogP contribution in [-0.2, 0) is 4.79 Å². The number of aliphatic carboxylic acids is 1. The fraction of sp³-hybridized carbons (Fsp3) is 0.536. The van der Waals surface area contributed by atoms with Crippen molar-refractivity contribution in [3.63, 3.8) is 0 Å². The molecule has 0 aliphatic heterocycles. The normalized spacial score (nSPS) is 11.1. The molecule has 0 bridgehead atoms. The first-order valence-corrected chi connectivity index (χ1v) is 12.8. The summed E-state index contributed by atoms with van der Waals surface area (Å²) in [5, 5.41) is 17.2. The maximum absolute atomic E-state index is 10.5. The van der Waals surface area contributed by atoms with Crippen molar-refractivity contribution in [2.24, 2.45) is 10.2 Å². The van der Waals surface area contributed by atoms with E-state index in [0.29, 0.717) is 18.8 Å². The predicted octanol–water partition coefficient (Wildman–Crippen LogP) is 8.65. The molecule has 0 saturated heterocycles.